The number of hydrogen-bond acceptors (Lipinski definition) is 2. The van der Waals surface area contributed by atoms with Crippen LogP contribution in [-0.2, 0) is 0 Å². The highest BCUT2D eigenvalue weighted by molar-refractivity contribution is 6.21. The van der Waals surface area contributed by atoms with Gasteiger partial charge in [0.1, 0.15) is 11.6 Å². The van der Waals surface area contributed by atoms with Crippen LogP contribution in [0.25, 0.3) is 88.0 Å². The van der Waals surface area contributed by atoms with Crippen LogP contribution in [0, 0.1) is 13.8 Å². The highest BCUT2D eigenvalue weighted by Crippen LogP contribution is 2.45. The smallest absolute Gasteiger partial charge is 0.111 e. The van der Waals surface area contributed by atoms with Gasteiger partial charge in [0.15, 0.2) is 0 Å². The summed E-state index contributed by atoms with van der Waals surface area (Å²) < 4.78 is 4.62. The van der Waals surface area contributed by atoms with Crippen LogP contribution < -0.4 is 0 Å². The van der Waals surface area contributed by atoms with Crippen molar-refractivity contribution in [2.45, 2.75) is 13.8 Å². The zero-order valence-corrected chi connectivity index (χ0v) is 27.8. The normalized spacial score (nSPS) is 11.8. The van der Waals surface area contributed by atoms with Crippen LogP contribution in [0.2, 0.25) is 0 Å². The summed E-state index contributed by atoms with van der Waals surface area (Å²) in [6.07, 6.45) is 0. The van der Waals surface area contributed by atoms with Gasteiger partial charge in [-0.3, -0.25) is 9.13 Å². The Balaban J connectivity index is 1.37. The molecule has 10 rings (SSSR count). The molecule has 0 spiro atoms. The van der Waals surface area contributed by atoms with Gasteiger partial charge < -0.3 is 0 Å². The average molecular weight is 641 g/mol. The number of para-hydroxylation sites is 4. The van der Waals surface area contributed by atoms with Crippen LogP contribution in [-0.4, -0.2) is 19.1 Å². The Bertz CT molecular complexity index is 2810. The van der Waals surface area contributed by atoms with Gasteiger partial charge in [0.05, 0.1) is 33.4 Å². The zero-order valence-electron chi connectivity index (χ0n) is 27.8. The number of fused-ring (bicyclic) bond motifs is 5. The fourth-order valence-electron chi connectivity index (χ4n) is 8.10. The van der Waals surface area contributed by atoms with Crippen molar-refractivity contribution in [3.63, 3.8) is 0 Å². The van der Waals surface area contributed by atoms with Gasteiger partial charge in [-0.15, -0.1) is 0 Å². The van der Waals surface area contributed by atoms with Crippen LogP contribution >= 0.6 is 0 Å². The summed E-state index contributed by atoms with van der Waals surface area (Å²) in [4.78, 5) is 9.95. The van der Waals surface area contributed by atoms with E-state index in [2.05, 4.69) is 181 Å². The van der Waals surface area contributed by atoms with Crippen molar-refractivity contribution in [2.75, 3.05) is 0 Å². The molecule has 4 heteroatoms. The second-order valence-electron chi connectivity index (χ2n) is 13.0. The van der Waals surface area contributed by atoms with Gasteiger partial charge in [0.25, 0.3) is 0 Å². The Morgan fingerprint density at radius 3 is 1.42 bits per heavy atom. The zero-order chi connectivity index (χ0) is 33.3. The fourth-order valence-corrected chi connectivity index (χ4v) is 8.10. The minimum absolute atomic E-state index is 0.961. The lowest BCUT2D eigenvalue weighted by Gasteiger charge is -2.20. The van der Waals surface area contributed by atoms with Crippen LogP contribution in [0.1, 0.15) is 11.6 Å². The molecule has 2 heterocycles. The maximum atomic E-state index is 4.97. The Labute approximate surface area is 289 Å². The monoisotopic (exact) mass is 640 g/mol. The Kier molecular flexibility index (Phi) is 6.27. The van der Waals surface area contributed by atoms with Crippen molar-refractivity contribution in [3.8, 4) is 33.6 Å². The Morgan fingerprint density at radius 2 is 0.840 bits per heavy atom. The van der Waals surface area contributed by atoms with Gasteiger partial charge in [-0.25, -0.2) is 9.97 Å². The average Bonchev–Trinajstić information content (AvgIpc) is 3.68. The summed E-state index contributed by atoms with van der Waals surface area (Å²) in [6.45, 7) is 4.20. The first-order valence-corrected chi connectivity index (χ1v) is 17.1. The maximum absolute atomic E-state index is 4.97. The predicted octanol–water partition coefficient (Wildman–Crippen LogP) is 11.8. The van der Waals surface area contributed by atoms with Gasteiger partial charge in [-0.2, -0.15) is 0 Å². The third kappa shape index (κ3) is 4.18. The lowest BCUT2D eigenvalue weighted by molar-refractivity contribution is 1.01. The molecule has 0 aliphatic carbocycles. The summed E-state index contributed by atoms with van der Waals surface area (Å²) >= 11 is 0. The number of aryl methyl sites for hydroxylation is 2. The number of nitrogens with zero attached hydrogens (tertiary/aromatic N) is 4. The van der Waals surface area contributed by atoms with E-state index >= 15 is 0 Å². The topological polar surface area (TPSA) is 35.6 Å². The Hall–Kier alpha value is -6.52. The molecule has 0 unspecified atom stereocenters. The molecule has 0 amide bonds. The molecular formula is C46H32N4. The van der Waals surface area contributed by atoms with Crippen LogP contribution in [0.3, 0.4) is 0 Å². The number of hydrogen-bond donors (Lipinski definition) is 0. The van der Waals surface area contributed by atoms with E-state index in [4.69, 9.17) is 9.97 Å². The molecule has 0 fully saturated rings. The van der Waals surface area contributed by atoms with E-state index in [0.29, 0.717) is 0 Å². The van der Waals surface area contributed by atoms with Gasteiger partial charge >= 0.3 is 0 Å². The van der Waals surface area contributed by atoms with Gasteiger partial charge in [0.2, 0.25) is 0 Å². The molecule has 2 aromatic heterocycles. The first-order chi connectivity index (χ1) is 24.7. The highest BCUT2D eigenvalue weighted by atomic mass is 15.1. The standard InChI is InChI=1S/C46H32N4/c1-29-47-40-20-8-10-22-44(40)49(29)42-24-12-18-35-38(42)28-39-36(19-13-25-43(39)50-30(2)48-41-21-9-11-23-45(41)50)46(35)37-27-26-32(31-14-4-3-5-15-31)33-16-6-7-17-34(33)37/h3-28H,1-2H3. The SMILES string of the molecule is Cc1nc2ccccc2n1-c1cccc2c(-c3ccc(-c4ccccc4)c4ccccc34)c3cccc(-n4c(C)nc5ccccc54)c3cc12. The molecule has 236 valence electrons. The fraction of sp³-hybridized carbons (Fsp3) is 0.0435. The second kappa shape index (κ2) is 11.0. The van der Waals surface area contributed by atoms with Crippen molar-refractivity contribution in [1.29, 1.82) is 0 Å². The number of aromatic nitrogens is 4. The summed E-state index contributed by atoms with van der Waals surface area (Å²) in [5.41, 5.74) is 11.3. The van der Waals surface area contributed by atoms with E-state index in [-0.39, 0.29) is 0 Å². The van der Waals surface area contributed by atoms with Gasteiger partial charge in [-0.1, -0.05) is 115 Å². The molecule has 0 aliphatic rings. The van der Waals surface area contributed by atoms with E-state index in [1.165, 1.54) is 54.6 Å². The van der Waals surface area contributed by atoms with Crippen LogP contribution in [0.15, 0.2) is 158 Å². The van der Waals surface area contributed by atoms with Crippen molar-refractivity contribution in [3.05, 3.63) is 169 Å². The molecule has 4 nitrogen and oxygen atoms in total. The highest BCUT2D eigenvalue weighted by Gasteiger charge is 2.21. The van der Waals surface area contributed by atoms with E-state index < -0.39 is 0 Å². The lowest BCUT2D eigenvalue weighted by Crippen LogP contribution is -2.01. The molecule has 0 bridgehead atoms. The summed E-state index contributed by atoms with van der Waals surface area (Å²) in [5.74, 6) is 1.92. The summed E-state index contributed by atoms with van der Waals surface area (Å²) in [7, 11) is 0. The van der Waals surface area contributed by atoms with Crippen molar-refractivity contribution in [2.24, 2.45) is 0 Å². The minimum atomic E-state index is 0.961. The molecule has 10 aromatic rings. The quantitative estimate of drug-likeness (QED) is 0.179. The molecule has 50 heavy (non-hydrogen) atoms. The summed E-state index contributed by atoms with van der Waals surface area (Å²) in [5, 5.41) is 7.22. The maximum Gasteiger partial charge on any atom is 0.111 e. The van der Waals surface area contributed by atoms with E-state index in [1.807, 2.05) is 0 Å². The second-order valence-corrected chi connectivity index (χ2v) is 13.0. The summed E-state index contributed by atoms with van der Waals surface area (Å²) in [6, 6.07) is 56.8. The number of benzene rings is 8. The Morgan fingerprint density at radius 1 is 0.380 bits per heavy atom. The molecule has 0 aliphatic heterocycles. The molecule has 0 atom stereocenters. The molecule has 0 N–H and O–H groups in total. The van der Waals surface area contributed by atoms with Crippen molar-refractivity contribution < 1.29 is 0 Å². The molecule has 0 saturated carbocycles. The first kappa shape index (κ1) is 28.5. The first-order valence-electron chi connectivity index (χ1n) is 17.1. The van der Waals surface area contributed by atoms with Gasteiger partial charge in [-0.05, 0) is 100 Å². The predicted molar refractivity (Wildman–Crippen MR) is 209 cm³/mol. The number of rotatable bonds is 4. The van der Waals surface area contributed by atoms with Crippen LogP contribution in [0.4, 0.5) is 0 Å². The van der Waals surface area contributed by atoms with Crippen LogP contribution in [0.5, 0.6) is 0 Å². The lowest BCUT2D eigenvalue weighted by atomic mass is 9.86. The third-order valence-electron chi connectivity index (χ3n) is 10.2. The molecule has 8 aromatic carbocycles. The minimum Gasteiger partial charge on any atom is -0.296 e. The van der Waals surface area contributed by atoms with E-state index in [1.54, 1.807) is 0 Å². The van der Waals surface area contributed by atoms with Crippen molar-refractivity contribution in [1.82, 2.24) is 19.1 Å². The molecular weight excluding hydrogens is 609 g/mol. The largest absolute Gasteiger partial charge is 0.296 e. The molecule has 0 saturated heterocycles. The number of imidazole rings is 2. The van der Waals surface area contributed by atoms with Gasteiger partial charge in [0, 0.05) is 10.8 Å². The molecule has 0 radical (unpaired) electrons. The van der Waals surface area contributed by atoms with Crippen molar-refractivity contribution >= 4 is 54.4 Å². The third-order valence-corrected chi connectivity index (χ3v) is 10.2. The van der Waals surface area contributed by atoms with E-state index in [0.717, 1.165) is 45.1 Å². The van der Waals surface area contributed by atoms with E-state index in [9.17, 15) is 0 Å².